The van der Waals surface area contributed by atoms with E-state index in [2.05, 4.69) is 0 Å². The Balaban J connectivity index is 0.00000196. The zero-order chi connectivity index (χ0) is 10.7. The molecular weight excluding hydrogens is 216 g/mol. The summed E-state index contributed by atoms with van der Waals surface area (Å²) in [6.07, 6.45) is 0.570. The molecule has 4 nitrogen and oxygen atoms in total. The summed E-state index contributed by atoms with van der Waals surface area (Å²) in [5, 5.41) is 0. The number of hydrogen-bond donors (Lipinski definition) is 1. The molecule has 0 radical (unpaired) electrons. The molecule has 0 saturated carbocycles. The topological polar surface area (TPSA) is 55.6 Å². The SMILES string of the molecule is CC(N)CC(=O)N1CC(C)OCC1C.Cl. The molecule has 1 fully saturated rings. The van der Waals surface area contributed by atoms with E-state index in [4.69, 9.17) is 10.5 Å². The molecule has 0 aromatic heterocycles. The Labute approximate surface area is 97.5 Å². The molecule has 3 atom stereocenters. The quantitative estimate of drug-likeness (QED) is 0.771. The fraction of sp³-hybridized carbons (Fsp3) is 0.900. The van der Waals surface area contributed by atoms with Crippen LogP contribution in [0, 0.1) is 0 Å². The Morgan fingerprint density at radius 3 is 2.73 bits per heavy atom. The van der Waals surface area contributed by atoms with Gasteiger partial charge in [0.1, 0.15) is 0 Å². The van der Waals surface area contributed by atoms with Crippen molar-refractivity contribution in [2.75, 3.05) is 13.2 Å². The molecule has 3 unspecified atom stereocenters. The van der Waals surface area contributed by atoms with Crippen molar-refractivity contribution in [1.82, 2.24) is 4.90 Å². The van der Waals surface area contributed by atoms with Crippen molar-refractivity contribution >= 4 is 18.3 Å². The van der Waals surface area contributed by atoms with Crippen molar-refractivity contribution in [2.45, 2.75) is 45.4 Å². The predicted octanol–water partition coefficient (Wildman–Crippen LogP) is 0.781. The van der Waals surface area contributed by atoms with E-state index in [0.717, 1.165) is 0 Å². The summed E-state index contributed by atoms with van der Waals surface area (Å²) in [5.41, 5.74) is 5.60. The van der Waals surface area contributed by atoms with Gasteiger partial charge in [0.05, 0.1) is 18.8 Å². The number of amides is 1. The highest BCUT2D eigenvalue weighted by molar-refractivity contribution is 5.85. The molecule has 1 amide bonds. The number of rotatable bonds is 2. The highest BCUT2D eigenvalue weighted by Gasteiger charge is 2.27. The van der Waals surface area contributed by atoms with E-state index < -0.39 is 0 Å². The van der Waals surface area contributed by atoms with Gasteiger partial charge in [0.25, 0.3) is 0 Å². The number of hydrogen-bond acceptors (Lipinski definition) is 3. The molecule has 0 aromatic carbocycles. The van der Waals surface area contributed by atoms with Crippen molar-refractivity contribution in [3.05, 3.63) is 0 Å². The van der Waals surface area contributed by atoms with Gasteiger partial charge in [-0.1, -0.05) is 0 Å². The third-order valence-electron chi connectivity index (χ3n) is 2.42. The Kier molecular flexibility index (Phi) is 6.17. The number of morpholine rings is 1. The van der Waals surface area contributed by atoms with Crippen molar-refractivity contribution in [3.63, 3.8) is 0 Å². The first-order valence-corrected chi connectivity index (χ1v) is 5.17. The molecule has 1 rings (SSSR count). The molecule has 0 aliphatic carbocycles. The maximum atomic E-state index is 11.8. The molecule has 90 valence electrons. The fourth-order valence-corrected chi connectivity index (χ4v) is 1.64. The van der Waals surface area contributed by atoms with E-state index in [9.17, 15) is 4.79 Å². The summed E-state index contributed by atoms with van der Waals surface area (Å²) in [6.45, 7) is 7.16. The Morgan fingerprint density at radius 2 is 2.20 bits per heavy atom. The normalized spacial score (nSPS) is 28.1. The molecule has 1 saturated heterocycles. The molecule has 1 aliphatic rings. The van der Waals surface area contributed by atoms with E-state index in [1.165, 1.54) is 0 Å². The second-order valence-corrected chi connectivity index (χ2v) is 4.22. The van der Waals surface area contributed by atoms with Gasteiger partial charge < -0.3 is 15.4 Å². The monoisotopic (exact) mass is 236 g/mol. The standard InChI is InChI=1S/C10H20N2O2.ClH/c1-7(11)4-10(13)12-5-9(3)14-6-8(12)2;/h7-9H,4-6,11H2,1-3H3;1H. The summed E-state index contributed by atoms with van der Waals surface area (Å²) in [5.74, 6) is 0.141. The first kappa shape index (κ1) is 14.7. The maximum Gasteiger partial charge on any atom is 0.224 e. The van der Waals surface area contributed by atoms with Crippen molar-refractivity contribution in [1.29, 1.82) is 0 Å². The summed E-state index contributed by atoms with van der Waals surface area (Å²) >= 11 is 0. The highest BCUT2D eigenvalue weighted by atomic mass is 35.5. The molecule has 15 heavy (non-hydrogen) atoms. The van der Waals surface area contributed by atoms with E-state index in [1.807, 2.05) is 25.7 Å². The molecule has 0 bridgehead atoms. The third-order valence-corrected chi connectivity index (χ3v) is 2.42. The van der Waals surface area contributed by atoms with Crippen LogP contribution in [0.25, 0.3) is 0 Å². The number of carbonyl (C=O) groups is 1. The van der Waals surface area contributed by atoms with Crippen LogP contribution in [0.4, 0.5) is 0 Å². The van der Waals surface area contributed by atoms with Crippen molar-refractivity contribution in [2.24, 2.45) is 5.73 Å². The van der Waals surface area contributed by atoms with Crippen LogP contribution in [0.3, 0.4) is 0 Å². The van der Waals surface area contributed by atoms with Crippen LogP contribution in [0.2, 0.25) is 0 Å². The highest BCUT2D eigenvalue weighted by Crippen LogP contribution is 2.12. The van der Waals surface area contributed by atoms with Crippen LogP contribution in [-0.2, 0) is 9.53 Å². The van der Waals surface area contributed by atoms with Crippen LogP contribution in [0.15, 0.2) is 0 Å². The molecular formula is C10H21ClN2O2. The van der Waals surface area contributed by atoms with Gasteiger partial charge in [0.15, 0.2) is 0 Å². The second kappa shape index (κ2) is 6.30. The summed E-state index contributed by atoms with van der Waals surface area (Å²) in [7, 11) is 0. The van der Waals surface area contributed by atoms with Gasteiger partial charge in [-0.25, -0.2) is 0 Å². The lowest BCUT2D eigenvalue weighted by molar-refractivity contribution is -0.143. The molecule has 1 aliphatic heterocycles. The molecule has 2 N–H and O–H groups in total. The Bertz CT molecular complexity index is 212. The second-order valence-electron chi connectivity index (χ2n) is 4.22. The number of nitrogens with two attached hydrogens (primary N) is 1. The third kappa shape index (κ3) is 4.36. The lowest BCUT2D eigenvalue weighted by Crippen LogP contribution is -2.51. The largest absolute Gasteiger partial charge is 0.375 e. The van der Waals surface area contributed by atoms with Crippen LogP contribution < -0.4 is 5.73 Å². The number of carbonyl (C=O) groups excluding carboxylic acids is 1. The number of ether oxygens (including phenoxy) is 1. The first-order chi connectivity index (χ1) is 6.50. The zero-order valence-electron chi connectivity index (χ0n) is 9.60. The van der Waals surface area contributed by atoms with Gasteiger partial charge in [-0.15, -0.1) is 12.4 Å². The van der Waals surface area contributed by atoms with Gasteiger partial charge in [-0.05, 0) is 20.8 Å². The average molecular weight is 237 g/mol. The average Bonchev–Trinajstić information content (AvgIpc) is 2.08. The minimum atomic E-state index is -0.0622. The van der Waals surface area contributed by atoms with Crippen LogP contribution in [0.5, 0.6) is 0 Å². The zero-order valence-corrected chi connectivity index (χ0v) is 10.4. The van der Waals surface area contributed by atoms with Gasteiger partial charge >= 0.3 is 0 Å². The van der Waals surface area contributed by atoms with E-state index in [0.29, 0.717) is 19.6 Å². The van der Waals surface area contributed by atoms with E-state index in [-0.39, 0.29) is 36.5 Å². The van der Waals surface area contributed by atoms with Gasteiger partial charge in [0, 0.05) is 19.0 Å². The number of halogens is 1. The van der Waals surface area contributed by atoms with Crippen LogP contribution >= 0.6 is 12.4 Å². The first-order valence-electron chi connectivity index (χ1n) is 5.17. The Hall–Kier alpha value is -0.320. The summed E-state index contributed by atoms with van der Waals surface area (Å²) in [4.78, 5) is 13.6. The van der Waals surface area contributed by atoms with Crippen LogP contribution in [0.1, 0.15) is 27.2 Å². The molecule has 1 heterocycles. The lowest BCUT2D eigenvalue weighted by atomic mass is 10.1. The van der Waals surface area contributed by atoms with Gasteiger partial charge in [-0.2, -0.15) is 0 Å². The van der Waals surface area contributed by atoms with Crippen molar-refractivity contribution < 1.29 is 9.53 Å². The maximum absolute atomic E-state index is 11.8. The summed E-state index contributed by atoms with van der Waals surface area (Å²) < 4.78 is 5.45. The van der Waals surface area contributed by atoms with Crippen molar-refractivity contribution in [3.8, 4) is 0 Å². The van der Waals surface area contributed by atoms with E-state index in [1.54, 1.807) is 0 Å². The van der Waals surface area contributed by atoms with Crippen LogP contribution in [-0.4, -0.2) is 42.1 Å². The van der Waals surface area contributed by atoms with Gasteiger partial charge in [0.2, 0.25) is 5.91 Å². The molecule has 5 heteroatoms. The number of nitrogens with zero attached hydrogens (tertiary/aromatic N) is 1. The Morgan fingerprint density at radius 1 is 1.60 bits per heavy atom. The minimum Gasteiger partial charge on any atom is -0.375 e. The van der Waals surface area contributed by atoms with Gasteiger partial charge in [-0.3, -0.25) is 4.79 Å². The molecule has 0 aromatic rings. The smallest absolute Gasteiger partial charge is 0.224 e. The predicted molar refractivity (Wildman–Crippen MR) is 62.1 cm³/mol. The lowest BCUT2D eigenvalue weighted by Gasteiger charge is -2.37. The fourth-order valence-electron chi connectivity index (χ4n) is 1.64. The van der Waals surface area contributed by atoms with E-state index >= 15 is 0 Å². The summed E-state index contributed by atoms with van der Waals surface area (Å²) in [6, 6.07) is 0.116. The minimum absolute atomic E-state index is 0. The molecule has 0 spiro atoms.